The van der Waals surface area contributed by atoms with Gasteiger partial charge in [-0.2, -0.15) is 26.3 Å². The van der Waals surface area contributed by atoms with Gasteiger partial charge in [-0.15, -0.1) is 0 Å². The summed E-state index contributed by atoms with van der Waals surface area (Å²) in [7, 11) is 1.37. The van der Waals surface area contributed by atoms with E-state index in [9.17, 15) is 35.5 Å². The fourth-order valence-electron chi connectivity index (χ4n) is 5.37. The maximum atomic E-state index is 14.8. The standard InChI is InChI=1S/C29H26F7N3O3S/c1-14(2)18-10-19(23(41-3)11-21(18)30)20-12-37-25(43-4)38-22(20)13-39-26(40)42-24(27(39)5-6-27)15-7-16(28(31,32)33)9-17(8-15)29(34,35)36/h7-12,14,24H,5-6,13H2,1-4H3. The first-order valence-electron chi connectivity index (χ1n) is 13.1. The molecule has 2 heterocycles. The normalized spacial score (nSPS) is 18.0. The van der Waals surface area contributed by atoms with Gasteiger partial charge in [0.2, 0.25) is 0 Å². The van der Waals surface area contributed by atoms with Crippen LogP contribution in [0, 0.1) is 5.82 Å². The van der Waals surface area contributed by atoms with Crippen molar-refractivity contribution in [1.29, 1.82) is 0 Å². The van der Waals surface area contributed by atoms with E-state index in [-0.39, 0.29) is 37.1 Å². The molecule has 1 aliphatic heterocycles. The Bertz CT molecular complexity index is 1540. The van der Waals surface area contributed by atoms with E-state index in [0.717, 1.165) is 0 Å². The van der Waals surface area contributed by atoms with Gasteiger partial charge in [0, 0.05) is 23.4 Å². The minimum atomic E-state index is -5.05. The molecule has 0 bridgehead atoms. The number of thioether (sulfide) groups is 1. The van der Waals surface area contributed by atoms with E-state index in [2.05, 4.69) is 9.97 Å². The zero-order valence-electron chi connectivity index (χ0n) is 23.4. The van der Waals surface area contributed by atoms with Gasteiger partial charge in [-0.3, -0.25) is 4.90 Å². The Morgan fingerprint density at radius 3 is 2.19 bits per heavy atom. The quantitative estimate of drug-likeness (QED) is 0.149. The number of hydrogen-bond acceptors (Lipinski definition) is 6. The molecule has 3 aromatic rings. The monoisotopic (exact) mass is 629 g/mol. The number of rotatable bonds is 7. The van der Waals surface area contributed by atoms with Gasteiger partial charge in [0.1, 0.15) is 11.6 Å². The molecule has 0 N–H and O–H groups in total. The van der Waals surface area contributed by atoms with Crippen LogP contribution in [0.5, 0.6) is 5.75 Å². The molecule has 0 radical (unpaired) electrons. The molecule has 230 valence electrons. The van der Waals surface area contributed by atoms with Gasteiger partial charge in [-0.05, 0) is 60.4 Å². The molecule has 1 amide bonds. The highest BCUT2D eigenvalue weighted by atomic mass is 32.2. The summed E-state index contributed by atoms with van der Waals surface area (Å²) in [5.41, 5.74) is -2.96. The Balaban J connectivity index is 1.58. The van der Waals surface area contributed by atoms with Crippen LogP contribution in [0.15, 0.2) is 41.7 Å². The minimum Gasteiger partial charge on any atom is -0.496 e. The molecule has 2 aliphatic rings. The first-order valence-corrected chi connectivity index (χ1v) is 14.4. The van der Waals surface area contributed by atoms with Crippen molar-refractivity contribution in [1.82, 2.24) is 14.9 Å². The van der Waals surface area contributed by atoms with Gasteiger partial charge >= 0.3 is 18.4 Å². The van der Waals surface area contributed by atoms with Crippen LogP contribution in [0.25, 0.3) is 11.1 Å². The molecule has 14 heteroatoms. The molecular weight excluding hydrogens is 603 g/mol. The smallest absolute Gasteiger partial charge is 0.416 e. The number of carbonyl (C=O) groups is 1. The van der Waals surface area contributed by atoms with Gasteiger partial charge in [0.05, 0.1) is 36.0 Å². The predicted octanol–water partition coefficient (Wildman–Crippen LogP) is 8.40. The molecule has 1 aliphatic carbocycles. The van der Waals surface area contributed by atoms with Crippen molar-refractivity contribution >= 4 is 17.9 Å². The number of hydrogen-bond donors (Lipinski definition) is 0. The lowest BCUT2D eigenvalue weighted by molar-refractivity contribution is -0.143. The lowest BCUT2D eigenvalue weighted by Crippen LogP contribution is -2.36. The summed E-state index contributed by atoms with van der Waals surface area (Å²) in [6, 6.07) is 4.08. The first-order chi connectivity index (χ1) is 20.1. The number of benzene rings is 2. The molecule has 1 aromatic heterocycles. The van der Waals surface area contributed by atoms with Gasteiger partial charge in [0.15, 0.2) is 11.3 Å². The number of cyclic esters (lactones) is 1. The molecule has 1 saturated carbocycles. The van der Waals surface area contributed by atoms with Gasteiger partial charge in [0.25, 0.3) is 0 Å². The topological polar surface area (TPSA) is 64.6 Å². The highest BCUT2D eigenvalue weighted by Crippen LogP contribution is 2.58. The van der Waals surface area contributed by atoms with E-state index in [1.54, 1.807) is 12.3 Å². The largest absolute Gasteiger partial charge is 0.496 e. The van der Waals surface area contributed by atoms with Gasteiger partial charge in [-0.25, -0.2) is 19.2 Å². The first kappa shape index (κ1) is 30.9. The van der Waals surface area contributed by atoms with Crippen LogP contribution in [0.1, 0.15) is 66.7 Å². The third-order valence-corrected chi connectivity index (χ3v) is 8.27. The number of ether oxygens (including phenoxy) is 2. The summed E-state index contributed by atoms with van der Waals surface area (Å²) in [5, 5.41) is 0.352. The third-order valence-electron chi connectivity index (χ3n) is 7.71. The molecule has 43 heavy (non-hydrogen) atoms. The highest BCUT2D eigenvalue weighted by molar-refractivity contribution is 7.98. The number of aromatic nitrogens is 2. The van der Waals surface area contributed by atoms with Crippen LogP contribution in [0.4, 0.5) is 35.5 Å². The zero-order chi connectivity index (χ0) is 31.5. The predicted molar refractivity (Wildman–Crippen MR) is 143 cm³/mol. The second kappa shape index (κ2) is 10.9. The Labute approximate surface area is 246 Å². The van der Waals surface area contributed by atoms with Crippen LogP contribution >= 0.6 is 11.8 Å². The van der Waals surface area contributed by atoms with Crippen LogP contribution in [-0.4, -0.2) is 39.9 Å². The van der Waals surface area contributed by atoms with E-state index in [1.807, 2.05) is 13.8 Å². The van der Waals surface area contributed by atoms with E-state index in [4.69, 9.17) is 9.47 Å². The van der Waals surface area contributed by atoms with Crippen molar-refractivity contribution in [2.24, 2.45) is 0 Å². The van der Waals surface area contributed by atoms with E-state index in [1.165, 1.54) is 36.0 Å². The Kier molecular flexibility index (Phi) is 7.81. The van der Waals surface area contributed by atoms with Crippen molar-refractivity contribution < 1.29 is 45.0 Å². The summed E-state index contributed by atoms with van der Waals surface area (Å²) < 4.78 is 107. The molecule has 1 unspecified atom stereocenters. The van der Waals surface area contributed by atoms with Crippen LogP contribution in [0.2, 0.25) is 0 Å². The molecule has 1 saturated heterocycles. The van der Waals surface area contributed by atoms with Gasteiger partial charge in [-0.1, -0.05) is 25.6 Å². The zero-order valence-corrected chi connectivity index (χ0v) is 24.2. The molecule has 2 fully saturated rings. The average molecular weight is 630 g/mol. The Morgan fingerprint density at radius 1 is 1.05 bits per heavy atom. The van der Waals surface area contributed by atoms with Crippen LogP contribution in [-0.2, 0) is 23.6 Å². The molecule has 2 aromatic carbocycles. The maximum absolute atomic E-state index is 14.8. The molecule has 1 atom stereocenters. The van der Waals surface area contributed by atoms with Gasteiger partial charge < -0.3 is 9.47 Å². The van der Waals surface area contributed by atoms with Crippen molar-refractivity contribution in [2.75, 3.05) is 13.4 Å². The molecule has 1 spiro atoms. The molecular formula is C29H26F7N3O3S. The fraction of sp³-hybridized carbons (Fsp3) is 0.414. The Morgan fingerprint density at radius 2 is 1.67 bits per heavy atom. The van der Waals surface area contributed by atoms with E-state index in [0.29, 0.717) is 39.7 Å². The summed E-state index contributed by atoms with van der Waals surface area (Å²) >= 11 is 1.23. The summed E-state index contributed by atoms with van der Waals surface area (Å²) in [4.78, 5) is 23.4. The number of nitrogens with zero attached hydrogens (tertiary/aromatic N) is 3. The average Bonchev–Trinajstić information content (AvgIpc) is 3.69. The number of methoxy groups -OCH3 is 1. The summed E-state index contributed by atoms with van der Waals surface area (Å²) in [6.07, 6.45) is -8.57. The number of amides is 1. The third kappa shape index (κ3) is 5.73. The molecule has 6 nitrogen and oxygen atoms in total. The van der Waals surface area contributed by atoms with Crippen molar-refractivity contribution in [2.45, 2.75) is 68.3 Å². The Hall–Kier alpha value is -3.55. The fourth-order valence-corrected chi connectivity index (χ4v) is 5.73. The number of halogens is 7. The van der Waals surface area contributed by atoms with Crippen molar-refractivity contribution in [3.8, 4) is 16.9 Å². The second-order valence-corrected chi connectivity index (χ2v) is 11.5. The molecule has 5 rings (SSSR count). The van der Waals surface area contributed by atoms with Crippen molar-refractivity contribution in [3.05, 3.63) is 70.3 Å². The lowest BCUT2D eigenvalue weighted by atomic mass is 9.94. The van der Waals surface area contributed by atoms with Crippen molar-refractivity contribution in [3.63, 3.8) is 0 Å². The SMILES string of the molecule is COc1cc(F)c(C(C)C)cc1-c1cnc(SC)nc1CN1C(=O)OC(c2cc(C(F)(F)F)cc(C(F)(F)F)c2)C12CC2. The van der Waals surface area contributed by atoms with E-state index < -0.39 is 52.6 Å². The summed E-state index contributed by atoms with van der Waals surface area (Å²) in [6.45, 7) is 3.44. The summed E-state index contributed by atoms with van der Waals surface area (Å²) in [5.74, 6) is -0.464. The van der Waals surface area contributed by atoms with Crippen LogP contribution in [0.3, 0.4) is 0 Å². The second-order valence-electron chi connectivity index (χ2n) is 10.7. The van der Waals surface area contributed by atoms with E-state index >= 15 is 0 Å². The number of alkyl halides is 6. The van der Waals surface area contributed by atoms with Crippen LogP contribution < -0.4 is 4.74 Å². The lowest BCUT2D eigenvalue weighted by Gasteiger charge is -2.26. The maximum Gasteiger partial charge on any atom is 0.416 e. The minimum absolute atomic E-state index is 0.0379. The highest BCUT2D eigenvalue weighted by Gasteiger charge is 2.63. The number of carbonyl (C=O) groups excluding carboxylic acids is 1.